The molecule has 0 saturated heterocycles. The van der Waals surface area contributed by atoms with Gasteiger partial charge in [-0.3, -0.25) is 0 Å². The van der Waals surface area contributed by atoms with Crippen LogP contribution in [0.3, 0.4) is 0 Å². The Morgan fingerprint density at radius 3 is 2.00 bits per heavy atom. The number of aliphatic hydroxyl groups is 1. The van der Waals surface area contributed by atoms with Gasteiger partial charge in [-0.05, 0) is 56.3 Å². The molecule has 2 aliphatic rings. The van der Waals surface area contributed by atoms with Crippen LogP contribution in [0.25, 0.3) is 0 Å². The fourth-order valence-corrected chi connectivity index (χ4v) is 4.43. The molecule has 0 heterocycles. The smallest absolute Gasteiger partial charge is 0.0596 e. The summed E-state index contributed by atoms with van der Waals surface area (Å²) in [7, 11) is 0. The van der Waals surface area contributed by atoms with E-state index in [2.05, 4.69) is 22.6 Å². The third kappa shape index (κ3) is 3.34. The van der Waals surface area contributed by atoms with E-state index in [1.54, 1.807) is 0 Å². The standard InChI is InChI=1S/C14H25IO/c15-10-11-6-8-13(9-7-11)14(16)12-4-2-1-3-5-12/h11-14,16H,1-10H2. The number of aliphatic hydroxyl groups excluding tert-OH is 1. The van der Waals surface area contributed by atoms with E-state index in [0.29, 0.717) is 11.8 Å². The highest BCUT2D eigenvalue weighted by atomic mass is 127. The van der Waals surface area contributed by atoms with Gasteiger partial charge < -0.3 is 5.11 Å². The van der Waals surface area contributed by atoms with Gasteiger partial charge in [0, 0.05) is 4.43 Å². The van der Waals surface area contributed by atoms with Gasteiger partial charge in [0.15, 0.2) is 0 Å². The minimum absolute atomic E-state index is 0.0236. The first kappa shape index (κ1) is 13.1. The lowest BCUT2D eigenvalue weighted by molar-refractivity contribution is 0.0138. The zero-order chi connectivity index (χ0) is 11.4. The van der Waals surface area contributed by atoms with Gasteiger partial charge in [0.25, 0.3) is 0 Å². The molecule has 94 valence electrons. The van der Waals surface area contributed by atoms with Gasteiger partial charge in [0.05, 0.1) is 6.10 Å². The van der Waals surface area contributed by atoms with Crippen LogP contribution in [-0.4, -0.2) is 15.6 Å². The zero-order valence-electron chi connectivity index (χ0n) is 10.2. The molecule has 16 heavy (non-hydrogen) atoms. The summed E-state index contributed by atoms with van der Waals surface area (Å²) >= 11 is 2.51. The van der Waals surface area contributed by atoms with Gasteiger partial charge in [0.1, 0.15) is 0 Å². The van der Waals surface area contributed by atoms with Crippen molar-refractivity contribution in [3.63, 3.8) is 0 Å². The maximum atomic E-state index is 10.5. The molecule has 0 bridgehead atoms. The Hall–Kier alpha value is 0.690. The Labute approximate surface area is 114 Å². The first-order chi connectivity index (χ1) is 7.81. The quantitative estimate of drug-likeness (QED) is 0.606. The van der Waals surface area contributed by atoms with Crippen LogP contribution in [0.1, 0.15) is 57.8 Å². The van der Waals surface area contributed by atoms with E-state index in [1.165, 1.54) is 62.2 Å². The third-order valence-corrected chi connectivity index (χ3v) is 5.97. The predicted molar refractivity (Wildman–Crippen MR) is 76.9 cm³/mol. The van der Waals surface area contributed by atoms with Gasteiger partial charge in [-0.1, -0.05) is 41.9 Å². The van der Waals surface area contributed by atoms with Crippen molar-refractivity contribution in [3.05, 3.63) is 0 Å². The second kappa shape index (κ2) is 6.58. The molecule has 0 amide bonds. The lowest BCUT2D eigenvalue weighted by atomic mass is 9.73. The molecule has 1 nitrogen and oxygen atoms in total. The van der Waals surface area contributed by atoms with Crippen molar-refractivity contribution in [1.82, 2.24) is 0 Å². The molecule has 0 aliphatic heterocycles. The van der Waals surface area contributed by atoms with Crippen molar-refractivity contribution >= 4 is 22.6 Å². The molecule has 2 saturated carbocycles. The van der Waals surface area contributed by atoms with Crippen molar-refractivity contribution in [2.75, 3.05) is 4.43 Å². The molecule has 2 rings (SSSR count). The van der Waals surface area contributed by atoms with E-state index in [1.807, 2.05) is 0 Å². The minimum Gasteiger partial charge on any atom is -0.393 e. The van der Waals surface area contributed by atoms with Gasteiger partial charge in [-0.15, -0.1) is 0 Å². The maximum Gasteiger partial charge on any atom is 0.0596 e. The Bertz CT molecular complexity index is 193. The lowest BCUT2D eigenvalue weighted by Crippen LogP contribution is -2.33. The van der Waals surface area contributed by atoms with Gasteiger partial charge in [-0.25, -0.2) is 0 Å². The third-order valence-electron chi connectivity index (χ3n) is 4.73. The molecular weight excluding hydrogens is 311 g/mol. The number of hydrogen-bond donors (Lipinski definition) is 1. The zero-order valence-corrected chi connectivity index (χ0v) is 12.4. The summed E-state index contributed by atoms with van der Waals surface area (Å²) in [6.07, 6.45) is 12.0. The fraction of sp³-hybridized carbons (Fsp3) is 1.00. The van der Waals surface area contributed by atoms with E-state index in [9.17, 15) is 5.11 Å². The average Bonchev–Trinajstić information content (AvgIpc) is 2.39. The normalized spacial score (nSPS) is 34.9. The van der Waals surface area contributed by atoms with Crippen molar-refractivity contribution in [3.8, 4) is 0 Å². The van der Waals surface area contributed by atoms with E-state index in [4.69, 9.17) is 0 Å². The average molecular weight is 336 g/mol. The highest BCUT2D eigenvalue weighted by Gasteiger charge is 2.31. The number of halogens is 1. The molecule has 2 fully saturated rings. The minimum atomic E-state index is 0.0236. The van der Waals surface area contributed by atoms with Crippen LogP contribution >= 0.6 is 22.6 Å². The topological polar surface area (TPSA) is 20.2 Å². The molecule has 1 unspecified atom stereocenters. The largest absolute Gasteiger partial charge is 0.393 e. The molecule has 0 aromatic heterocycles. The number of rotatable bonds is 3. The molecule has 0 aromatic carbocycles. The fourth-order valence-electron chi connectivity index (χ4n) is 3.54. The summed E-state index contributed by atoms with van der Waals surface area (Å²) in [5.74, 6) is 2.20. The van der Waals surface area contributed by atoms with E-state index in [0.717, 1.165) is 5.92 Å². The van der Waals surface area contributed by atoms with Gasteiger partial charge >= 0.3 is 0 Å². The van der Waals surface area contributed by atoms with Crippen LogP contribution in [0.4, 0.5) is 0 Å². The summed E-state index contributed by atoms with van der Waals surface area (Å²) in [4.78, 5) is 0. The van der Waals surface area contributed by atoms with Crippen molar-refractivity contribution < 1.29 is 5.11 Å². The first-order valence-corrected chi connectivity index (χ1v) is 8.58. The molecule has 0 radical (unpaired) electrons. The van der Waals surface area contributed by atoms with Crippen LogP contribution < -0.4 is 0 Å². The maximum absolute atomic E-state index is 10.5. The van der Waals surface area contributed by atoms with Crippen LogP contribution in [0.2, 0.25) is 0 Å². The molecular formula is C14H25IO. The van der Waals surface area contributed by atoms with E-state index >= 15 is 0 Å². The van der Waals surface area contributed by atoms with Crippen molar-refractivity contribution in [2.24, 2.45) is 17.8 Å². The second-order valence-electron chi connectivity index (χ2n) is 5.82. The molecule has 1 atom stereocenters. The van der Waals surface area contributed by atoms with Crippen molar-refractivity contribution in [1.29, 1.82) is 0 Å². The highest BCUT2D eigenvalue weighted by Crippen LogP contribution is 2.37. The first-order valence-electron chi connectivity index (χ1n) is 7.05. The van der Waals surface area contributed by atoms with E-state index in [-0.39, 0.29) is 6.10 Å². The van der Waals surface area contributed by atoms with Gasteiger partial charge in [-0.2, -0.15) is 0 Å². The Kier molecular flexibility index (Phi) is 5.40. The van der Waals surface area contributed by atoms with Crippen molar-refractivity contribution in [2.45, 2.75) is 63.9 Å². The number of alkyl halides is 1. The van der Waals surface area contributed by atoms with Crippen LogP contribution in [0.15, 0.2) is 0 Å². The molecule has 0 spiro atoms. The Morgan fingerprint density at radius 2 is 1.44 bits per heavy atom. The predicted octanol–water partition coefficient (Wildman–Crippen LogP) is 4.17. The lowest BCUT2D eigenvalue weighted by Gasteiger charge is -2.36. The molecule has 2 heteroatoms. The van der Waals surface area contributed by atoms with Gasteiger partial charge in [0.2, 0.25) is 0 Å². The molecule has 1 N–H and O–H groups in total. The SMILES string of the molecule is OC(C1CCCCC1)C1CCC(CI)CC1. The molecule has 0 aromatic rings. The van der Waals surface area contributed by atoms with Crippen LogP contribution in [0, 0.1) is 17.8 Å². The summed E-state index contributed by atoms with van der Waals surface area (Å²) in [6.45, 7) is 0. The van der Waals surface area contributed by atoms with E-state index < -0.39 is 0 Å². The summed E-state index contributed by atoms with van der Waals surface area (Å²) < 4.78 is 1.31. The van der Waals surface area contributed by atoms with Crippen LogP contribution in [0.5, 0.6) is 0 Å². The highest BCUT2D eigenvalue weighted by molar-refractivity contribution is 14.1. The summed E-state index contributed by atoms with van der Waals surface area (Å²) in [6, 6.07) is 0. The summed E-state index contributed by atoms with van der Waals surface area (Å²) in [5.41, 5.74) is 0. The Balaban J connectivity index is 1.78. The monoisotopic (exact) mass is 336 g/mol. The Morgan fingerprint density at radius 1 is 0.875 bits per heavy atom. The van der Waals surface area contributed by atoms with Crippen LogP contribution in [-0.2, 0) is 0 Å². The number of hydrogen-bond acceptors (Lipinski definition) is 1. The summed E-state index contributed by atoms with van der Waals surface area (Å²) in [5, 5.41) is 10.5. The molecule has 2 aliphatic carbocycles. The second-order valence-corrected chi connectivity index (χ2v) is 6.70.